The van der Waals surface area contributed by atoms with Gasteiger partial charge in [-0.3, -0.25) is 0 Å². The Hall–Kier alpha value is 4.42. The van der Waals surface area contributed by atoms with Crippen molar-refractivity contribution in [3.63, 3.8) is 0 Å². The molecule has 0 saturated heterocycles. The Morgan fingerprint density at radius 1 is 0.167 bits per heavy atom. The van der Waals surface area contributed by atoms with E-state index in [1.54, 1.807) is 0 Å². The van der Waals surface area contributed by atoms with Crippen molar-refractivity contribution in [2.75, 3.05) is 0 Å². The number of hydrogen-bond donors (Lipinski definition) is 0. The van der Waals surface area contributed by atoms with E-state index in [0.717, 1.165) is 0 Å². The third-order valence-corrected chi connectivity index (χ3v) is 0. The molecule has 4 heteroatoms. The van der Waals surface area contributed by atoms with Gasteiger partial charge in [0.25, 0.3) is 0 Å². The second kappa shape index (κ2) is 981. The van der Waals surface area contributed by atoms with Gasteiger partial charge < -0.3 is 0 Å². The van der Waals surface area contributed by atoms with Gasteiger partial charge in [-0.1, -0.05) is 140 Å². The van der Waals surface area contributed by atoms with E-state index in [4.69, 9.17) is 0 Å². The molecular weight excluding hydrogens is 596 g/mol. The van der Waals surface area contributed by atoms with Crippen LogP contribution in [0.15, 0.2) is 0 Å². The maximum Gasteiger partial charge on any atom is 0 e. The molecule has 156 valence electrons. The van der Waals surface area contributed by atoms with Gasteiger partial charge in [0.15, 0.2) is 0 Å². The van der Waals surface area contributed by atoms with Gasteiger partial charge in [0, 0.05) is 131 Å². The average molecular weight is 660 g/mol. The first-order valence-electron chi connectivity index (χ1n) is 8.00. The van der Waals surface area contributed by atoms with E-state index in [1.807, 2.05) is 111 Å². The molecule has 0 saturated carbocycles. The van der Waals surface area contributed by atoms with Gasteiger partial charge in [-0.05, 0) is 0 Å². The van der Waals surface area contributed by atoms with E-state index in [0.29, 0.717) is 0 Å². The molecule has 0 rings (SSSR count). The van der Waals surface area contributed by atoms with Gasteiger partial charge in [0.1, 0.15) is 0 Å². The third-order valence-electron chi connectivity index (χ3n) is 0. The molecular formula is C20H64Y4. The molecule has 0 aliphatic rings. The van der Waals surface area contributed by atoms with Crippen LogP contribution in [0.4, 0.5) is 0 Å². The first-order chi connectivity index (χ1) is 8.00. The Labute approximate surface area is 266 Å². The first-order valence-corrected chi connectivity index (χ1v) is 8.00. The van der Waals surface area contributed by atoms with Crippen molar-refractivity contribution >= 4 is 0 Å². The van der Waals surface area contributed by atoms with E-state index >= 15 is 0 Å². The van der Waals surface area contributed by atoms with E-state index in [-0.39, 0.29) is 161 Å². The van der Waals surface area contributed by atoms with E-state index in [1.165, 1.54) is 0 Å². The molecule has 0 aromatic rings. The van der Waals surface area contributed by atoms with Crippen molar-refractivity contribution in [3.8, 4) is 0 Å². The second-order valence-electron chi connectivity index (χ2n) is 0. The minimum absolute atomic E-state index is 0. The van der Waals surface area contributed by atoms with Crippen molar-refractivity contribution in [1.29, 1.82) is 0 Å². The second-order valence-corrected chi connectivity index (χ2v) is 0. The topological polar surface area (TPSA) is 0 Å². The molecule has 0 N–H and O–H groups in total. The summed E-state index contributed by atoms with van der Waals surface area (Å²) in [6.45, 7) is 32.0. The Morgan fingerprint density at radius 3 is 0.167 bits per heavy atom. The maximum absolute atomic E-state index is 2.00. The quantitative estimate of drug-likeness (QED) is 0.243. The van der Waals surface area contributed by atoms with E-state index < -0.39 is 0 Å². The van der Waals surface area contributed by atoms with Gasteiger partial charge in [-0.25, -0.2) is 0 Å². The molecule has 0 aliphatic carbocycles. The van der Waals surface area contributed by atoms with Crippen molar-refractivity contribution in [2.45, 2.75) is 140 Å². The van der Waals surface area contributed by atoms with Crippen molar-refractivity contribution in [1.82, 2.24) is 0 Å². The molecule has 0 fully saturated rings. The summed E-state index contributed by atoms with van der Waals surface area (Å²) in [4.78, 5) is 0. The summed E-state index contributed by atoms with van der Waals surface area (Å²) in [6, 6.07) is 0. The molecule has 0 atom stereocenters. The van der Waals surface area contributed by atoms with Crippen LogP contribution in [0, 0.1) is 0 Å². The Bertz CT molecular complexity index is 15.6. The van der Waals surface area contributed by atoms with Gasteiger partial charge in [0.05, 0.1) is 0 Å². The molecule has 0 bridgehead atoms. The van der Waals surface area contributed by atoms with Crippen LogP contribution in [-0.4, -0.2) is 0 Å². The Kier molecular flexibility index (Phi) is 5660. The fourth-order valence-corrected chi connectivity index (χ4v) is 0. The first kappa shape index (κ1) is 139. The molecule has 0 heterocycles. The fraction of sp³-hybridized carbons (Fsp3) is 1.00. The van der Waals surface area contributed by atoms with Crippen molar-refractivity contribution in [2.24, 2.45) is 0 Å². The SMILES string of the molecule is C.C.C.C.CC.CC.CC.CC.CC.CC.CC.CC.[Y].[Y].[Y].[Y]. The van der Waals surface area contributed by atoms with Gasteiger partial charge >= 0.3 is 0 Å². The molecule has 0 nitrogen and oxygen atoms in total. The molecule has 4 radical (unpaired) electrons. The monoisotopic (exact) mass is 660 g/mol. The van der Waals surface area contributed by atoms with Crippen LogP contribution in [0.5, 0.6) is 0 Å². The zero-order valence-electron chi connectivity index (χ0n) is 18.3. The van der Waals surface area contributed by atoms with Crippen molar-refractivity contribution < 1.29 is 131 Å². The Morgan fingerprint density at radius 2 is 0.167 bits per heavy atom. The van der Waals surface area contributed by atoms with Crippen LogP contribution < -0.4 is 0 Å². The normalized spacial score (nSPS) is 2.00. The molecule has 0 aromatic heterocycles. The van der Waals surface area contributed by atoms with Crippen LogP contribution in [0.25, 0.3) is 0 Å². The summed E-state index contributed by atoms with van der Waals surface area (Å²) >= 11 is 0. The summed E-state index contributed by atoms with van der Waals surface area (Å²) in [6.07, 6.45) is 0. The van der Waals surface area contributed by atoms with Gasteiger partial charge in [-0.2, -0.15) is 0 Å². The summed E-state index contributed by atoms with van der Waals surface area (Å²) in [5.74, 6) is 0. The zero-order chi connectivity index (χ0) is 16.0. The predicted octanol–water partition coefficient (Wildman–Crippen LogP) is 10.7. The molecule has 0 aliphatic heterocycles. The van der Waals surface area contributed by atoms with Crippen LogP contribution in [0.3, 0.4) is 0 Å². The van der Waals surface area contributed by atoms with Crippen LogP contribution in [0.2, 0.25) is 0 Å². The zero-order valence-corrected chi connectivity index (χ0v) is 29.7. The predicted molar refractivity (Wildman–Crippen MR) is 118 cm³/mol. The van der Waals surface area contributed by atoms with Crippen LogP contribution in [0.1, 0.15) is 140 Å². The third kappa shape index (κ3) is 875. The fourth-order valence-electron chi connectivity index (χ4n) is 0. The van der Waals surface area contributed by atoms with E-state index in [2.05, 4.69) is 0 Å². The van der Waals surface area contributed by atoms with Gasteiger partial charge in [0.2, 0.25) is 0 Å². The molecule has 0 unspecified atom stereocenters. The summed E-state index contributed by atoms with van der Waals surface area (Å²) < 4.78 is 0. The van der Waals surface area contributed by atoms with Gasteiger partial charge in [-0.15, -0.1) is 0 Å². The molecule has 0 amide bonds. The van der Waals surface area contributed by atoms with E-state index in [9.17, 15) is 0 Å². The molecule has 0 spiro atoms. The molecule has 24 heavy (non-hydrogen) atoms. The average Bonchev–Trinajstić information content (AvgIpc) is 2.54. The largest absolute Gasteiger partial charge is 0.0776 e. The van der Waals surface area contributed by atoms with Crippen molar-refractivity contribution in [3.05, 3.63) is 0 Å². The summed E-state index contributed by atoms with van der Waals surface area (Å²) in [5.41, 5.74) is 0. The Balaban J connectivity index is -0.00000000208. The van der Waals surface area contributed by atoms with Crippen LogP contribution in [-0.2, 0) is 131 Å². The smallest absolute Gasteiger partial charge is 0 e. The standard InChI is InChI=1S/8C2H6.4CH4.4Y/c8*1-2;;;;;;;;/h8*1-2H3;4*1H4;;;;. The van der Waals surface area contributed by atoms with Crippen LogP contribution >= 0.6 is 0 Å². The number of rotatable bonds is 0. The number of hydrogen-bond acceptors (Lipinski definition) is 0. The summed E-state index contributed by atoms with van der Waals surface area (Å²) in [7, 11) is 0. The minimum Gasteiger partial charge on any atom is -0.0776 e. The summed E-state index contributed by atoms with van der Waals surface area (Å²) in [5, 5.41) is 0. The maximum atomic E-state index is 2.00. The molecule has 0 aromatic carbocycles. The minimum atomic E-state index is 0.